The molecule has 0 unspecified atom stereocenters. The van der Waals surface area contributed by atoms with E-state index in [0.717, 1.165) is 17.5 Å². The van der Waals surface area contributed by atoms with Crippen LogP contribution in [0.5, 0.6) is 17.4 Å². The Labute approximate surface area is 220 Å². The lowest BCUT2D eigenvalue weighted by molar-refractivity contribution is -0.117. The van der Waals surface area contributed by atoms with Gasteiger partial charge in [0, 0.05) is 23.2 Å². The minimum atomic E-state index is -0.343. The van der Waals surface area contributed by atoms with Gasteiger partial charge in [-0.25, -0.2) is 9.36 Å². The molecule has 5 rings (SSSR count). The number of Topliss-reactive ketones (excluding diaryl/α,β-unsaturated/α-hetero) is 1. The summed E-state index contributed by atoms with van der Waals surface area (Å²) in [6.45, 7) is 5.75. The Hall–Kier alpha value is -4.59. The van der Waals surface area contributed by atoms with Crippen LogP contribution in [0.1, 0.15) is 47.8 Å². The fourth-order valence-corrected chi connectivity index (χ4v) is 4.61. The highest BCUT2D eigenvalue weighted by molar-refractivity contribution is 5.95. The number of carbonyl (C=O) groups excluding carboxylic acids is 2. The number of nitrogens with zero attached hydrogens (tertiary/aromatic N) is 2. The van der Waals surface area contributed by atoms with Crippen LogP contribution in [0.2, 0.25) is 0 Å². The highest BCUT2D eigenvalue weighted by atomic mass is 16.5. The van der Waals surface area contributed by atoms with Gasteiger partial charge in [0.25, 0.3) is 5.56 Å². The summed E-state index contributed by atoms with van der Waals surface area (Å²) in [6, 6.07) is 20.0. The molecule has 0 spiro atoms. The van der Waals surface area contributed by atoms with Crippen LogP contribution in [0.25, 0.3) is 5.69 Å². The Bertz CT molecular complexity index is 1560. The monoisotopic (exact) mass is 511 g/mol. The summed E-state index contributed by atoms with van der Waals surface area (Å²) in [5.41, 5.74) is 3.97. The van der Waals surface area contributed by atoms with Gasteiger partial charge in [-0.05, 0) is 68.3 Å². The number of ketones is 1. The number of aryl methyl sites for hydroxylation is 1. The normalized spacial score (nSPS) is 11.8. The summed E-state index contributed by atoms with van der Waals surface area (Å²) < 4.78 is 15.2. The molecule has 38 heavy (non-hydrogen) atoms. The molecule has 1 amide bonds. The first-order valence-electron chi connectivity index (χ1n) is 12.7. The van der Waals surface area contributed by atoms with Crippen molar-refractivity contribution in [1.82, 2.24) is 9.36 Å². The molecule has 0 radical (unpaired) electrons. The molecule has 8 heteroatoms. The number of benzene rings is 3. The zero-order chi connectivity index (χ0) is 26.8. The maximum atomic E-state index is 13.7. The van der Waals surface area contributed by atoms with E-state index in [1.165, 1.54) is 11.6 Å². The molecule has 1 aliphatic rings. The van der Waals surface area contributed by atoms with Gasteiger partial charge in [-0.15, -0.1) is 0 Å². The van der Waals surface area contributed by atoms with Crippen LogP contribution in [-0.2, 0) is 24.2 Å². The first-order chi connectivity index (χ1) is 18.4. The van der Waals surface area contributed by atoms with Crippen molar-refractivity contribution in [3.63, 3.8) is 0 Å². The number of amides is 1. The van der Waals surface area contributed by atoms with Gasteiger partial charge in [-0.1, -0.05) is 31.2 Å². The van der Waals surface area contributed by atoms with Gasteiger partial charge in [0.05, 0.1) is 17.9 Å². The van der Waals surface area contributed by atoms with Gasteiger partial charge in [0.15, 0.2) is 17.3 Å². The minimum Gasteiger partial charge on any atom is -0.490 e. The molecule has 1 aromatic heterocycles. The topological polar surface area (TPSA) is 91.6 Å². The molecule has 0 fully saturated rings. The second kappa shape index (κ2) is 10.4. The molecule has 4 aromatic rings. The quantitative estimate of drug-likeness (QED) is 0.291. The molecular formula is C30H29N3O5. The van der Waals surface area contributed by atoms with Crippen LogP contribution in [0.4, 0.5) is 5.69 Å². The van der Waals surface area contributed by atoms with E-state index in [4.69, 9.17) is 9.47 Å². The highest BCUT2D eigenvalue weighted by Gasteiger charge is 2.31. The molecule has 0 aliphatic carbocycles. The summed E-state index contributed by atoms with van der Waals surface area (Å²) in [5, 5.41) is 2.85. The lowest BCUT2D eigenvalue weighted by atomic mass is 10.0. The number of hydrogen-bond donors (Lipinski definition) is 1. The molecule has 0 saturated heterocycles. The average molecular weight is 512 g/mol. The first kappa shape index (κ1) is 25.1. The van der Waals surface area contributed by atoms with E-state index in [0.29, 0.717) is 52.9 Å². The molecule has 8 nitrogen and oxygen atoms in total. The Kier molecular flexibility index (Phi) is 6.87. The number of fused-ring (bicyclic) bond motifs is 2. The third-order valence-corrected chi connectivity index (χ3v) is 6.57. The van der Waals surface area contributed by atoms with E-state index < -0.39 is 0 Å². The van der Waals surface area contributed by atoms with E-state index >= 15 is 0 Å². The third kappa shape index (κ3) is 4.72. The van der Waals surface area contributed by atoms with Crippen LogP contribution in [0, 0.1) is 0 Å². The van der Waals surface area contributed by atoms with Crippen LogP contribution in [-0.4, -0.2) is 27.7 Å². The van der Waals surface area contributed by atoms with Gasteiger partial charge < -0.3 is 14.8 Å². The summed E-state index contributed by atoms with van der Waals surface area (Å²) in [7, 11) is 0. The Balaban J connectivity index is 1.55. The highest BCUT2D eigenvalue weighted by Crippen LogP contribution is 2.42. The molecule has 3 aromatic carbocycles. The van der Waals surface area contributed by atoms with Crippen molar-refractivity contribution in [2.75, 3.05) is 11.9 Å². The van der Waals surface area contributed by atoms with Crippen molar-refractivity contribution in [3.05, 3.63) is 99.3 Å². The molecule has 1 N–H and O–H groups in total. The molecular weight excluding hydrogens is 482 g/mol. The number of carbonyl (C=O) groups is 2. The minimum absolute atomic E-state index is 0.0520. The van der Waals surface area contributed by atoms with Crippen molar-refractivity contribution >= 4 is 17.4 Å². The number of para-hydroxylation sites is 1. The maximum absolute atomic E-state index is 13.7. The molecule has 0 bridgehead atoms. The van der Waals surface area contributed by atoms with Gasteiger partial charge in [-0.2, -0.15) is 0 Å². The van der Waals surface area contributed by atoms with Gasteiger partial charge in [-0.3, -0.25) is 14.4 Å². The standard InChI is InChI=1S/C30H29N3O5/c1-4-20-9-15-24(16-10-20)33-29(36)25-17-22-7-6-8-26(37-5-2)28(22)38-30(25)32(33)18-27(35)31-23-13-11-21(12-14-23)19(3)34/h6-16H,4-5,17-18H2,1-3H3,(H,31,35). The van der Waals surface area contributed by atoms with Crippen molar-refractivity contribution in [3.8, 4) is 23.1 Å². The zero-order valence-corrected chi connectivity index (χ0v) is 21.6. The average Bonchev–Trinajstić information content (AvgIpc) is 3.18. The molecule has 2 heterocycles. The van der Waals surface area contributed by atoms with Crippen LogP contribution in [0.3, 0.4) is 0 Å². The van der Waals surface area contributed by atoms with Crippen LogP contribution < -0.4 is 20.3 Å². The number of ether oxygens (including phenoxy) is 2. The molecule has 0 atom stereocenters. The molecule has 194 valence electrons. The van der Waals surface area contributed by atoms with Crippen LogP contribution >= 0.6 is 0 Å². The second-order valence-corrected chi connectivity index (χ2v) is 9.12. The fraction of sp³-hybridized carbons (Fsp3) is 0.233. The Morgan fingerprint density at radius 2 is 1.74 bits per heavy atom. The van der Waals surface area contributed by atoms with E-state index in [9.17, 15) is 14.4 Å². The maximum Gasteiger partial charge on any atom is 0.278 e. The summed E-state index contributed by atoms with van der Waals surface area (Å²) in [6.07, 6.45) is 1.23. The van der Waals surface area contributed by atoms with Crippen molar-refractivity contribution in [2.45, 2.75) is 40.2 Å². The third-order valence-electron chi connectivity index (χ3n) is 6.57. The number of rotatable bonds is 8. The lowest BCUT2D eigenvalue weighted by Crippen LogP contribution is -2.27. The number of anilines is 1. The Morgan fingerprint density at radius 3 is 2.39 bits per heavy atom. The number of nitrogens with one attached hydrogen (secondary N) is 1. The smallest absolute Gasteiger partial charge is 0.278 e. The van der Waals surface area contributed by atoms with Crippen LogP contribution in [0.15, 0.2) is 71.5 Å². The van der Waals surface area contributed by atoms with Gasteiger partial charge >= 0.3 is 0 Å². The first-order valence-corrected chi connectivity index (χ1v) is 12.7. The predicted octanol–water partition coefficient (Wildman–Crippen LogP) is 5.14. The van der Waals surface area contributed by atoms with Gasteiger partial charge in [0.2, 0.25) is 11.8 Å². The fourth-order valence-electron chi connectivity index (χ4n) is 4.61. The summed E-state index contributed by atoms with van der Waals surface area (Å²) in [5.74, 6) is 1.06. The molecule has 0 saturated carbocycles. The largest absolute Gasteiger partial charge is 0.490 e. The number of hydrogen-bond acceptors (Lipinski definition) is 5. The Morgan fingerprint density at radius 1 is 1.00 bits per heavy atom. The van der Waals surface area contributed by atoms with E-state index in [-0.39, 0.29) is 23.8 Å². The summed E-state index contributed by atoms with van der Waals surface area (Å²) in [4.78, 5) is 38.5. The van der Waals surface area contributed by atoms with Crippen molar-refractivity contribution in [2.24, 2.45) is 0 Å². The zero-order valence-electron chi connectivity index (χ0n) is 21.6. The number of aromatic nitrogens is 2. The lowest BCUT2D eigenvalue weighted by Gasteiger charge is -2.21. The van der Waals surface area contributed by atoms with Crippen molar-refractivity contribution in [1.29, 1.82) is 0 Å². The van der Waals surface area contributed by atoms with Crippen molar-refractivity contribution < 1.29 is 19.1 Å². The second-order valence-electron chi connectivity index (χ2n) is 9.12. The van der Waals surface area contributed by atoms with Gasteiger partial charge in [0.1, 0.15) is 6.54 Å². The van der Waals surface area contributed by atoms with E-state index in [1.807, 2.05) is 49.4 Å². The molecule has 1 aliphatic heterocycles. The van der Waals surface area contributed by atoms with E-state index in [2.05, 4.69) is 12.2 Å². The SMILES string of the molecule is CCOc1cccc2c1Oc1c(c(=O)n(-c3ccc(CC)cc3)n1CC(=O)Nc1ccc(C(C)=O)cc1)C2. The van der Waals surface area contributed by atoms with E-state index in [1.54, 1.807) is 28.9 Å². The predicted molar refractivity (Wildman–Crippen MR) is 145 cm³/mol. The summed E-state index contributed by atoms with van der Waals surface area (Å²) >= 11 is 0.